The second kappa shape index (κ2) is 19.8. The van der Waals surface area contributed by atoms with E-state index in [0.717, 1.165) is 36.9 Å². The Morgan fingerprint density at radius 3 is 2.47 bits per heavy atom. The van der Waals surface area contributed by atoms with Crippen LogP contribution in [0.15, 0.2) is 54.0 Å². The van der Waals surface area contributed by atoms with Crippen LogP contribution in [-0.2, 0) is 11.2 Å². The van der Waals surface area contributed by atoms with Crippen LogP contribution in [-0.4, -0.2) is 24.4 Å². The maximum Gasteiger partial charge on any atom is 0.129 e. The van der Waals surface area contributed by atoms with E-state index in [2.05, 4.69) is 43.7 Å². The highest BCUT2D eigenvalue weighted by Gasteiger charge is 2.20. The van der Waals surface area contributed by atoms with Crippen molar-refractivity contribution in [2.45, 2.75) is 99.3 Å². The van der Waals surface area contributed by atoms with E-state index in [4.69, 9.17) is 15.5 Å². The Kier molecular flexibility index (Phi) is 16.6. The number of hydrogen-bond acceptors (Lipinski definition) is 6. The molecule has 47 heavy (non-hydrogen) atoms. The van der Waals surface area contributed by atoms with Gasteiger partial charge >= 0.3 is 0 Å². The molecule has 0 saturated carbocycles. The van der Waals surface area contributed by atoms with Crippen LogP contribution < -0.4 is 26.9 Å². The lowest BCUT2D eigenvalue weighted by atomic mass is 9.91. The zero-order valence-corrected chi connectivity index (χ0v) is 29.5. The molecule has 0 aliphatic carbocycles. The second-order valence-corrected chi connectivity index (χ2v) is 12.2. The standard InChI is InChI=1S/C39H55F2N5O/c1-10-25(5)37(31(12-3)24-44-39(26(6)11-2)47-20-16-14-15-19-42)35(41)22-36-27(7)38(32(13-4)28(8)45-36)46-29(9)33-21-30(23-43)17-18-34(33)40/h12,17-18,21-22,24-26,29,39,44,46H,3,7,10-11,13-16,19-20,42H2,1-2,4-6,8-9H3/b31-24+,36-22+,37-35-. The molecule has 0 fully saturated rings. The van der Waals surface area contributed by atoms with Crippen LogP contribution in [0.25, 0.3) is 12.7 Å². The van der Waals surface area contributed by atoms with Crippen LogP contribution >= 0.6 is 0 Å². The minimum absolute atomic E-state index is 0.117. The number of nitrogens with one attached hydrogen (secondary N) is 2. The lowest BCUT2D eigenvalue weighted by molar-refractivity contribution is 0.000275. The molecule has 4 atom stereocenters. The Morgan fingerprint density at radius 2 is 1.87 bits per heavy atom. The van der Waals surface area contributed by atoms with Gasteiger partial charge in [-0.2, -0.15) is 5.26 Å². The van der Waals surface area contributed by atoms with E-state index in [1.165, 1.54) is 18.2 Å². The molecule has 2 rings (SSSR count). The molecule has 4 unspecified atom stereocenters. The third kappa shape index (κ3) is 10.9. The fourth-order valence-corrected chi connectivity index (χ4v) is 5.47. The van der Waals surface area contributed by atoms with Crippen molar-refractivity contribution in [3.05, 3.63) is 92.8 Å². The molecule has 0 spiro atoms. The number of pyridine rings is 1. The van der Waals surface area contributed by atoms with Gasteiger partial charge in [0.1, 0.15) is 17.9 Å². The molecule has 8 heteroatoms. The summed E-state index contributed by atoms with van der Waals surface area (Å²) in [6.45, 7) is 23.6. The summed E-state index contributed by atoms with van der Waals surface area (Å²) in [5.74, 6) is -0.722. The van der Waals surface area contributed by atoms with E-state index in [-0.39, 0.29) is 18.1 Å². The van der Waals surface area contributed by atoms with Gasteiger partial charge in [0.25, 0.3) is 0 Å². The summed E-state index contributed by atoms with van der Waals surface area (Å²) in [6.07, 6.45) is 9.87. The molecular formula is C39H55F2N5O. The summed E-state index contributed by atoms with van der Waals surface area (Å²) in [5, 5.41) is 17.0. The molecular weight excluding hydrogens is 592 g/mol. The zero-order valence-electron chi connectivity index (χ0n) is 29.5. The van der Waals surface area contributed by atoms with Gasteiger partial charge in [0.2, 0.25) is 0 Å². The molecule has 1 aromatic heterocycles. The molecule has 0 radical (unpaired) electrons. The molecule has 2 aromatic rings. The van der Waals surface area contributed by atoms with Crippen LogP contribution in [0.3, 0.4) is 0 Å². The molecule has 0 aliphatic heterocycles. The lowest BCUT2D eigenvalue weighted by Crippen LogP contribution is -2.34. The maximum absolute atomic E-state index is 16.5. The lowest BCUT2D eigenvalue weighted by Gasteiger charge is -2.25. The van der Waals surface area contributed by atoms with E-state index in [1.807, 2.05) is 34.6 Å². The van der Waals surface area contributed by atoms with Crippen LogP contribution in [0.5, 0.6) is 0 Å². The van der Waals surface area contributed by atoms with E-state index in [1.54, 1.807) is 18.3 Å². The molecule has 0 amide bonds. The third-order valence-electron chi connectivity index (χ3n) is 8.81. The van der Waals surface area contributed by atoms with Crippen LogP contribution in [0.1, 0.15) is 102 Å². The van der Waals surface area contributed by atoms with Crippen LogP contribution in [0.4, 0.5) is 14.5 Å². The highest BCUT2D eigenvalue weighted by atomic mass is 19.1. The number of anilines is 1. The zero-order chi connectivity index (χ0) is 35.1. The smallest absolute Gasteiger partial charge is 0.129 e. The molecule has 0 bridgehead atoms. The van der Waals surface area contributed by atoms with Crippen molar-refractivity contribution in [1.82, 2.24) is 10.3 Å². The van der Waals surface area contributed by atoms with Gasteiger partial charge in [-0.05, 0) is 99.7 Å². The second-order valence-electron chi connectivity index (χ2n) is 12.2. The molecule has 0 saturated heterocycles. The summed E-state index contributed by atoms with van der Waals surface area (Å²) in [6, 6.07) is 5.87. The largest absolute Gasteiger partial charge is 0.378 e. The molecule has 1 heterocycles. The number of allylic oxidation sites excluding steroid dienone is 4. The number of nitrogens with zero attached hydrogens (tertiary/aromatic N) is 2. The first-order valence-corrected chi connectivity index (χ1v) is 16.9. The van der Waals surface area contributed by atoms with Gasteiger partial charge in [-0.25, -0.2) is 8.78 Å². The summed E-state index contributed by atoms with van der Waals surface area (Å²) in [4.78, 5) is 4.75. The SMILES string of the molecule is C=CC(=C\NC(OCCCCCN)C(C)CC)/C(=C(F)/C=c1/nc(C)c(CC)c(NC(C)c2cc(C#N)ccc2F)c1=C)C(C)CC. The molecule has 0 aliphatic rings. The Balaban J connectivity index is 2.61. The predicted octanol–water partition coefficient (Wildman–Crippen LogP) is 7.77. The van der Waals surface area contributed by atoms with Gasteiger partial charge in [-0.15, -0.1) is 0 Å². The Morgan fingerprint density at radius 1 is 1.15 bits per heavy atom. The fourth-order valence-electron chi connectivity index (χ4n) is 5.47. The van der Waals surface area contributed by atoms with E-state index in [9.17, 15) is 9.65 Å². The maximum atomic E-state index is 16.5. The van der Waals surface area contributed by atoms with E-state index < -0.39 is 17.7 Å². The fraction of sp³-hybridized carbons (Fsp3) is 0.487. The Hall–Kier alpha value is -3.80. The quantitative estimate of drug-likeness (QED) is 0.0819. The summed E-state index contributed by atoms with van der Waals surface area (Å²) in [5.41, 5.74) is 9.83. The summed E-state index contributed by atoms with van der Waals surface area (Å²) >= 11 is 0. The number of aryl methyl sites for hydroxylation is 1. The Labute approximate surface area is 281 Å². The van der Waals surface area contributed by atoms with Crippen molar-refractivity contribution >= 4 is 18.3 Å². The van der Waals surface area contributed by atoms with Crippen molar-refractivity contribution in [1.29, 1.82) is 5.26 Å². The molecule has 256 valence electrons. The van der Waals surface area contributed by atoms with E-state index in [0.29, 0.717) is 64.5 Å². The van der Waals surface area contributed by atoms with Crippen molar-refractivity contribution in [3.63, 3.8) is 0 Å². The number of halogens is 2. The van der Waals surface area contributed by atoms with Crippen LogP contribution in [0, 0.1) is 35.9 Å². The average molecular weight is 648 g/mol. The normalized spacial score (nSPS) is 15.3. The number of aromatic nitrogens is 1. The predicted molar refractivity (Wildman–Crippen MR) is 192 cm³/mol. The topological polar surface area (TPSA) is 96.0 Å². The number of benzene rings is 1. The van der Waals surface area contributed by atoms with Gasteiger partial charge in [0.15, 0.2) is 0 Å². The van der Waals surface area contributed by atoms with Gasteiger partial charge in [-0.1, -0.05) is 53.9 Å². The number of rotatable bonds is 19. The minimum atomic E-state index is -0.484. The highest BCUT2D eigenvalue weighted by molar-refractivity contribution is 5.60. The van der Waals surface area contributed by atoms with Crippen molar-refractivity contribution in [3.8, 4) is 6.07 Å². The molecule has 4 N–H and O–H groups in total. The monoisotopic (exact) mass is 647 g/mol. The van der Waals surface area contributed by atoms with Gasteiger partial charge in [0, 0.05) is 47.0 Å². The summed E-state index contributed by atoms with van der Waals surface area (Å²) < 4.78 is 37.5. The molecule has 6 nitrogen and oxygen atoms in total. The first kappa shape index (κ1) is 39.4. The first-order valence-electron chi connectivity index (χ1n) is 16.9. The average Bonchev–Trinajstić information content (AvgIpc) is 3.06. The highest BCUT2D eigenvalue weighted by Crippen LogP contribution is 2.29. The van der Waals surface area contributed by atoms with Crippen molar-refractivity contribution < 1.29 is 13.5 Å². The van der Waals surface area contributed by atoms with Gasteiger partial charge in [-0.3, -0.25) is 4.98 Å². The number of hydrogen-bond donors (Lipinski definition) is 3. The number of nitrogens with two attached hydrogens (primary N) is 1. The third-order valence-corrected chi connectivity index (χ3v) is 8.81. The first-order chi connectivity index (χ1) is 22.5. The van der Waals surface area contributed by atoms with Crippen molar-refractivity contribution in [2.24, 2.45) is 17.6 Å². The minimum Gasteiger partial charge on any atom is -0.378 e. The van der Waals surface area contributed by atoms with E-state index >= 15 is 4.39 Å². The number of unbranched alkanes of at least 4 members (excludes halogenated alkanes) is 2. The molecule has 1 aromatic carbocycles. The van der Waals surface area contributed by atoms with Crippen molar-refractivity contribution in [2.75, 3.05) is 18.5 Å². The summed E-state index contributed by atoms with van der Waals surface area (Å²) in [7, 11) is 0. The number of ether oxygens (including phenoxy) is 1. The van der Waals surface area contributed by atoms with Gasteiger partial charge in [0.05, 0.1) is 23.0 Å². The van der Waals surface area contributed by atoms with Crippen LogP contribution in [0.2, 0.25) is 0 Å². The Bertz CT molecular complexity index is 1560. The number of nitriles is 1. The van der Waals surface area contributed by atoms with Gasteiger partial charge < -0.3 is 21.1 Å².